The highest BCUT2D eigenvalue weighted by Gasteiger charge is 2.20. The van der Waals surface area contributed by atoms with Crippen molar-refractivity contribution in [1.29, 1.82) is 0 Å². The summed E-state index contributed by atoms with van der Waals surface area (Å²) >= 11 is 3.87. The number of para-hydroxylation sites is 2. The molecule has 7 heteroatoms. The van der Waals surface area contributed by atoms with Crippen LogP contribution in [0, 0.1) is 0 Å². The number of amides is 1. The average molecular weight is 392 g/mol. The smallest absolute Gasteiger partial charge is 0.262 e. The Morgan fingerprint density at radius 2 is 1.77 bits per heavy atom. The van der Waals surface area contributed by atoms with Crippen molar-refractivity contribution in [2.24, 2.45) is 0 Å². The zero-order valence-corrected chi connectivity index (χ0v) is 16.3. The second-order valence-corrected chi connectivity index (χ2v) is 8.25. The lowest BCUT2D eigenvalue weighted by molar-refractivity contribution is -0.118. The molecule has 1 aliphatic rings. The molecule has 5 nitrogen and oxygen atoms in total. The monoisotopic (exact) mass is 391 g/mol. The predicted octanol–water partition coefficient (Wildman–Crippen LogP) is 4.20. The molecule has 1 fully saturated rings. The number of nitrogens with one attached hydrogen (secondary N) is 1. The van der Waals surface area contributed by atoms with Crippen LogP contribution in [0.5, 0.6) is 17.2 Å². The summed E-state index contributed by atoms with van der Waals surface area (Å²) in [6, 6.07) is 13.1. The van der Waals surface area contributed by atoms with E-state index in [0.29, 0.717) is 27.5 Å². The zero-order valence-electron chi connectivity index (χ0n) is 14.7. The van der Waals surface area contributed by atoms with Gasteiger partial charge in [0.2, 0.25) is 0 Å². The fourth-order valence-corrected chi connectivity index (χ4v) is 5.42. The topological polar surface area (TPSA) is 56.8 Å². The number of benzene rings is 2. The lowest BCUT2D eigenvalue weighted by atomic mass is 10.2. The molecule has 1 amide bonds. The number of rotatable bonds is 7. The van der Waals surface area contributed by atoms with Crippen LogP contribution >= 0.6 is 23.5 Å². The van der Waals surface area contributed by atoms with Crippen molar-refractivity contribution in [2.75, 3.05) is 37.6 Å². The Morgan fingerprint density at radius 3 is 2.50 bits per heavy atom. The van der Waals surface area contributed by atoms with Crippen LogP contribution < -0.4 is 19.5 Å². The third-order valence-electron chi connectivity index (χ3n) is 3.82. The first-order valence-corrected chi connectivity index (χ1v) is 10.3. The molecule has 1 saturated heterocycles. The SMILES string of the molecule is COc1ccccc1NC(=O)COc1ccc(C2SCCS2)cc1OC. The molecule has 0 aliphatic carbocycles. The van der Waals surface area contributed by atoms with E-state index in [1.165, 1.54) is 17.1 Å². The van der Waals surface area contributed by atoms with Gasteiger partial charge in [-0.2, -0.15) is 0 Å². The number of thioether (sulfide) groups is 2. The maximum Gasteiger partial charge on any atom is 0.262 e. The van der Waals surface area contributed by atoms with Crippen molar-refractivity contribution < 1.29 is 19.0 Å². The zero-order chi connectivity index (χ0) is 18.4. The number of hydrogen-bond donors (Lipinski definition) is 1. The van der Waals surface area contributed by atoms with E-state index in [1.807, 2.05) is 53.9 Å². The number of ether oxygens (including phenoxy) is 3. The summed E-state index contributed by atoms with van der Waals surface area (Å²) in [5.41, 5.74) is 1.82. The minimum Gasteiger partial charge on any atom is -0.495 e. The third kappa shape index (κ3) is 4.59. The van der Waals surface area contributed by atoms with Crippen LogP contribution in [-0.2, 0) is 4.79 Å². The molecule has 1 heterocycles. The molecule has 26 heavy (non-hydrogen) atoms. The van der Waals surface area contributed by atoms with E-state index >= 15 is 0 Å². The summed E-state index contributed by atoms with van der Waals surface area (Å²) in [7, 11) is 3.17. The number of anilines is 1. The Labute approximate surface area is 161 Å². The van der Waals surface area contributed by atoms with Gasteiger partial charge >= 0.3 is 0 Å². The summed E-state index contributed by atoms with van der Waals surface area (Å²) in [4.78, 5) is 12.2. The fraction of sp³-hybridized carbons (Fsp3) is 0.316. The summed E-state index contributed by atoms with van der Waals surface area (Å²) in [6.45, 7) is -0.110. The van der Waals surface area contributed by atoms with Crippen molar-refractivity contribution >= 4 is 35.1 Å². The predicted molar refractivity (Wildman–Crippen MR) is 108 cm³/mol. The normalized spacial score (nSPS) is 14.1. The van der Waals surface area contributed by atoms with Gasteiger partial charge in [0.15, 0.2) is 18.1 Å². The Morgan fingerprint density at radius 1 is 1.04 bits per heavy atom. The Balaban J connectivity index is 1.62. The quantitative estimate of drug-likeness (QED) is 0.763. The van der Waals surface area contributed by atoms with Gasteiger partial charge in [0.05, 0.1) is 24.5 Å². The number of carbonyl (C=O) groups excluding carboxylic acids is 1. The Hall–Kier alpha value is -1.99. The fourth-order valence-electron chi connectivity index (χ4n) is 2.58. The van der Waals surface area contributed by atoms with E-state index in [0.717, 1.165) is 0 Å². The van der Waals surface area contributed by atoms with E-state index in [1.54, 1.807) is 26.4 Å². The van der Waals surface area contributed by atoms with E-state index < -0.39 is 0 Å². The van der Waals surface area contributed by atoms with Crippen molar-refractivity contribution in [3.05, 3.63) is 48.0 Å². The molecule has 1 N–H and O–H groups in total. The largest absolute Gasteiger partial charge is 0.495 e. The molecular formula is C19H21NO4S2. The minimum atomic E-state index is -0.262. The van der Waals surface area contributed by atoms with Gasteiger partial charge in [-0.1, -0.05) is 18.2 Å². The lowest BCUT2D eigenvalue weighted by Crippen LogP contribution is -2.20. The molecule has 0 bridgehead atoms. The summed E-state index contributed by atoms with van der Waals surface area (Å²) in [5.74, 6) is 3.87. The van der Waals surface area contributed by atoms with Crippen LogP contribution in [0.25, 0.3) is 0 Å². The molecule has 0 unspecified atom stereocenters. The number of methoxy groups -OCH3 is 2. The van der Waals surface area contributed by atoms with Crippen LogP contribution in [-0.4, -0.2) is 38.2 Å². The molecule has 0 radical (unpaired) electrons. The molecule has 2 aromatic rings. The maximum atomic E-state index is 12.2. The van der Waals surface area contributed by atoms with Gasteiger partial charge in [0, 0.05) is 11.5 Å². The molecule has 138 valence electrons. The van der Waals surface area contributed by atoms with Crippen molar-refractivity contribution in [3.63, 3.8) is 0 Å². The van der Waals surface area contributed by atoms with Gasteiger partial charge in [-0.3, -0.25) is 4.79 Å². The van der Waals surface area contributed by atoms with Crippen LogP contribution in [0.4, 0.5) is 5.69 Å². The lowest BCUT2D eigenvalue weighted by Gasteiger charge is -2.15. The highest BCUT2D eigenvalue weighted by atomic mass is 32.2. The second kappa shape index (κ2) is 9.09. The average Bonchev–Trinajstić information content (AvgIpc) is 3.21. The summed E-state index contributed by atoms with van der Waals surface area (Å²) < 4.78 is 16.8. The maximum absolute atomic E-state index is 12.2. The molecule has 0 saturated carbocycles. The summed E-state index contributed by atoms with van der Waals surface area (Å²) in [5, 5.41) is 2.79. The number of carbonyl (C=O) groups is 1. The van der Waals surface area contributed by atoms with Crippen LogP contribution in [0.1, 0.15) is 10.1 Å². The summed E-state index contributed by atoms with van der Waals surface area (Å²) in [6.07, 6.45) is 0. The van der Waals surface area contributed by atoms with Gasteiger partial charge in [0.25, 0.3) is 5.91 Å². The molecule has 2 aromatic carbocycles. The first kappa shape index (κ1) is 18.8. The van der Waals surface area contributed by atoms with Gasteiger partial charge in [-0.05, 0) is 29.8 Å². The molecule has 3 rings (SSSR count). The number of hydrogen-bond acceptors (Lipinski definition) is 6. The van der Waals surface area contributed by atoms with E-state index in [-0.39, 0.29) is 12.5 Å². The molecule has 0 spiro atoms. The van der Waals surface area contributed by atoms with Crippen molar-refractivity contribution in [1.82, 2.24) is 0 Å². The first-order valence-electron chi connectivity index (χ1n) is 8.18. The van der Waals surface area contributed by atoms with E-state index in [9.17, 15) is 4.79 Å². The van der Waals surface area contributed by atoms with Crippen molar-refractivity contribution in [3.8, 4) is 17.2 Å². The van der Waals surface area contributed by atoms with Gasteiger partial charge in [0.1, 0.15) is 5.75 Å². The minimum absolute atomic E-state index is 0.110. The third-order valence-corrected chi connectivity index (χ3v) is 6.93. The van der Waals surface area contributed by atoms with Crippen LogP contribution in [0.2, 0.25) is 0 Å². The second-order valence-electron chi connectivity index (χ2n) is 5.52. The standard InChI is InChI=1S/C19H21NO4S2/c1-22-15-6-4-3-5-14(15)20-18(21)12-24-16-8-7-13(11-17(16)23-2)19-25-9-10-26-19/h3-8,11,19H,9-10,12H2,1-2H3,(H,20,21). The Bertz CT molecular complexity index is 763. The molecule has 0 aromatic heterocycles. The van der Waals surface area contributed by atoms with Gasteiger partial charge in [-0.15, -0.1) is 23.5 Å². The van der Waals surface area contributed by atoms with Crippen LogP contribution in [0.15, 0.2) is 42.5 Å². The molecule has 1 aliphatic heterocycles. The van der Waals surface area contributed by atoms with Crippen LogP contribution in [0.3, 0.4) is 0 Å². The van der Waals surface area contributed by atoms with Crippen molar-refractivity contribution in [2.45, 2.75) is 4.58 Å². The highest BCUT2D eigenvalue weighted by Crippen LogP contribution is 2.46. The highest BCUT2D eigenvalue weighted by molar-refractivity contribution is 8.19. The van der Waals surface area contributed by atoms with E-state index in [4.69, 9.17) is 14.2 Å². The van der Waals surface area contributed by atoms with Gasteiger partial charge < -0.3 is 19.5 Å². The molecular weight excluding hydrogens is 370 g/mol. The van der Waals surface area contributed by atoms with Gasteiger partial charge in [-0.25, -0.2) is 0 Å². The molecule has 0 atom stereocenters. The van der Waals surface area contributed by atoms with E-state index in [2.05, 4.69) is 5.32 Å². The Kier molecular flexibility index (Phi) is 6.57. The first-order chi connectivity index (χ1) is 12.7.